The van der Waals surface area contributed by atoms with Crippen LogP contribution < -0.4 is 16.0 Å². The topological polar surface area (TPSA) is 134 Å². The van der Waals surface area contributed by atoms with Crippen molar-refractivity contribution in [1.82, 2.24) is 16.0 Å². The molecule has 0 aromatic heterocycles. The van der Waals surface area contributed by atoms with E-state index in [-0.39, 0.29) is 30.8 Å². The second-order valence-electron chi connectivity index (χ2n) is 9.92. The number of amides is 3. The molecule has 2 atom stereocenters. The zero-order valence-electron chi connectivity index (χ0n) is 22.2. The van der Waals surface area contributed by atoms with E-state index in [1.165, 1.54) is 18.1 Å². The maximum atomic E-state index is 12.3. The summed E-state index contributed by atoms with van der Waals surface area (Å²) >= 11 is 0. The van der Waals surface area contributed by atoms with E-state index in [1.807, 2.05) is 24.3 Å². The molecule has 9 nitrogen and oxygen atoms in total. The standard InChI is InChI=1S/C29H37N3O6/c1-18(2)26(27(34)31-19(3)28(35)36)32-25(33)15-5-4-10-16-30-29(37)38-17-24-22-13-8-6-11-20(22)21-12-7-9-14-23(21)24/h6-9,11-14,18-19,24,26H,4-5,10,15-17H2,1-3H3,(H,30,37)(H,31,34)(H,32,33)(H,35,36)/t19-,26-/m0/s1. The van der Waals surface area contributed by atoms with Gasteiger partial charge in [-0.05, 0) is 47.9 Å². The summed E-state index contributed by atoms with van der Waals surface area (Å²) in [5.41, 5.74) is 4.68. The van der Waals surface area contributed by atoms with Crippen molar-refractivity contribution in [3.05, 3.63) is 59.7 Å². The minimum Gasteiger partial charge on any atom is -0.480 e. The number of benzene rings is 2. The Morgan fingerprint density at radius 1 is 0.868 bits per heavy atom. The number of fused-ring (bicyclic) bond motifs is 3. The third-order valence-electron chi connectivity index (χ3n) is 6.69. The molecule has 3 amide bonds. The minimum atomic E-state index is -1.14. The van der Waals surface area contributed by atoms with Gasteiger partial charge in [-0.25, -0.2) is 4.79 Å². The molecule has 38 heavy (non-hydrogen) atoms. The van der Waals surface area contributed by atoms with E-state index in [1.54, 1.807) is 13.8 Å². The maximum absolute atomic E-state index is 12.3. The number of carboxylic acids is 1. The summed E-state index contributed by atoms with van der Waals surface area (Å²) in [4.78, 5) is 47.9. The van der Waals surface area contributed by atoms with Gasteiger partial charge in [0.15, 0.2) is 0 Å². The van der Waals surface area contributed by atoms with Crippen molar-refractivity contribution in [3.8, 4) is 11.1 Å². The number of carboxylic acid groups (broad SMARTS) is 1. The molecule has 0 unspecified atom stereocenters. The van der Waals surface area contributed by atoms with E-state index in [4.69, 9.17) is 9.84 Å². The summed E-state index contributed by atoms with van der Waals surface area (Å²) in [6.45, 7) is 5.63. The first-order chi connectivity index (χ1) is 18.2. The normalized spacial score (nSPS) is 13.7. The fourth-order valence-corrected chi connectivity index (χ4v) is 4.57. The van der Waals surface area contributed by atoms with Gasteiger partial charge in [0.25, 0.3) is 0 Å². The fourth-order valence-electron chi connectivity index (χ4n) is 4.57. The van der Waals surface area contributed by atoms with Crippen LogP contribution in [0.15, 0.2) is 48.5 Å². The van der Waals surface area contributed by atoms with Gasteiger partial charge in [0.1, 0.15) is 18.7 Å². The SMILES string of the molecule is CC(C)[C@H](NC(=O)CCCCCNC(=O)OCC1c2ccccc2-c2ccccc21)C(=O)N[C@@H](C)C(=O)O. The lowest BCUT2D eigenvalue weighted by molar-refractivity contribution is -0.142. The lowest BCUT2D eigenvalue weighted by atomic mass is 9.98. The monoisotopic (exact) mass is 523 g/mol. The molecule has 204 valence electrons. The molecule has 2 aromatic rings. The van der Waals surface area contributed by atoms with Crippen LogP contribution in [-0.2, 0) is 19.1 Å². The predicted octanol–water partition coefficient (Wildman–Crippen LogP) is 3.82. The summed E-state index contributed by atoms with van der Waals surface area (Å²) < 4.78 is 5.53. The largest absolute Gasteiger partial charge is 0.480 e. The van der Waals surface area contributed by atoms with Gasteiger partial charge in [0.2, 0.25) is 11.8 Å². The van der Waals surface area contributed by atoms with Gasteiger partial charge in [-0.2, -0.15) is 0 Å². The van der Waals surface area contributed by atoms with Crippen LogP contribution in [0.4, 0.5) is 4.79 Å². The van der Waals surface area contributed by atoms with E-state index in [2.05, 4.69) is 40.2 Å². The first kappa shape index (κ1) is 28.7. The molecule has 1 aliphatic carbocycles. The van der Waals surface area contributed by atoms with Crippen molar-refractivity contribution in [3.63, 3.8) is 0 Å². The van der Waals surface area contributed by atoms with Crippen LogP contribution >= 0.6 is 0 Å². The number of hydrogen-bond donors (Lipinski definition) is 4. The van der Waals surface area contributed by atoms with Crippen molar-refractivity contribution in [2.24, 2.45) is 5.92 Å². The Morgan fingerprint density at radius 3 is 2.05 bits per heavy atom. The number of hydrogen-bond acceptors (Lipinski definition) is 5. The lowest BCUT2D eigenvalue weighted by Crippen LogP contribution is -2.53. The molecule has 0 saturated carbocycles. The molecule has 1 aliphatic rings. The van der Waals surface area contributed by atoms with E-state index < -0.39 is 30.1 Å². The van der Waals surface area contributed by atoms with Gasteiger partial charge >= 0.3 is 12.1 Å². The number of rotatable bonds is 13. The van der Waals surface area contributed by atoms with Crippen LogP contribution in [0, 0.1) is 5.92 Å². The van der Waals surface area contributed by atoms with Gasteiger partial charge in [0.05, 0.1) is 0 Å². The summed E-state index contributed by atoms with van der Waals surface area (Å²) in [6, 6.07) is 14.5. The Morgan fingerprint density at radius 2 is 1.47 bits per heavy atom. The Bertz CT molecular complexity index is 1100. The first-order valence-corrected chi connectivity index (χ1v) is 13.1. The average molecular weight is 524 g/mol. The van der Waals surface area contributed by atoms with Gasteiger partial charge in [-0.3, -0.25) is 14.4 Å². The molecule has 9 heteroatoms. The summed E-state index contributed by atoms with van der Waals surface area (Å²) in [5.74, 6) is -2.11. The zero-order valence-corrected chi connectivity index (χ0v) is 22.2. The van der Waals surface area contributed by atoms with Crippen LogP contribution in [0.2, 0.25) is 0 Å². The number of ether oxygens (including phenoxy) is 1. The fraction of sp³-hybridized carbons (Fsp3) is 0.448. The number of nitrogens with one attached hydrogen (secondary N) is 3. The van der Waals surface area contributed by atoms with Crippen LogP contribution in [-0.4, -0.2) is 54.2 Å². The Labute approximate surface area is 223 Å². The predicted molar refractivity (Wildman–Crippen MR) is 144 cm³/mol. The second-order valence-corrected chi connectivity index (χ2v) is 9.92. The lowest BCUT2D eigenvalue weighted by Gasteiger charge is -2.23. The molecule has 0 aliphatic heterocycles. The van der Waals surface area contributed by atoms with E-state index in [0.29, 0.717) is 25.8 Å². The highest BCUT2D eigenvalue weighted by molar-refractivity contribution is 5.90. The number of aliphatic carboxylic acids is 1. The molecular weight excluding hydrogens is 486 g/mol. The molecule has 2 aromatic carbocycles. The summed E-state index contributed by atoms with van der Waals surface area (Å²) in [6.07, 6.45) is 1.76. The number of unbranched alkanes of at least 4 members (excludes halogenated alkanes) is 2. The van der Waals surface area contributed by atoms with Crippen molar-refractivity contribution >= 4 is 23.9 Å². The molecule has 0 fully saturated rings. The maximum Gasteiger partial charge on any atom is 0.407 e. The molecule has 0 heterocycles. The van der Waals surface area contributed by atoms with Gasteiger partial charge < -0.3 is 25.8 Å². The summed E-state index contributed by atoms with van der Waals surface area (Å²) in [7, 11) is 0. The van der Waals surface area contributed by atoms with Crippen molar-refractivity contribution in [1.29, 1.82) is 0 Å². The molecule has 4 N–H and O–H groups in total. The van der Waals surface area contributed by atoms with Crippen molar-refractivity contribution in [2.75, 3.05) is 13.2 Å². The molecule has 3 rings (SSSR count). The molecule has 0 spiro atoms. The third-order valence-corrected chi connectivity index (χ3v) is 6.69. The van der Waals surface area contributed by atoms with E-state index in [9.17, 15) is 19.2 Å². The molecule has 0 saturated heterocycles. The molecular formula is C29H37N3O6. The smallest absolute Gasteiger partial charge is 0.407 e. The quantitative estimate of drug-likeness (QED) is 0.295. The number of carbonyl (C=O) groups excluding carboxylic acids is 3. The van der Waals surface area contributed by atoms with E-state index >= 15 is 0 Å². The summed E-state index contributed by atoms with van der Waals surface area (Å²) in [5, 5.41) is 16.8. The average Bonchev–Trinajstić information content (AvgIpc) is 3.21. The van der Waals surface area contributed by atoms with Gasteiger partial charge in [-0.1, -0.05) is 68.8 Å². The Balaban J connectivity index is 1.33. The van der Waals surface area contributed by atoms with E-state index in [0.717, 1.165) is 11.1 Å². The van der Waals surface area contributed by atoms with Crippen LogP contribution in [0.5, 0.6) is 0 Å². The minimum absolute atomic E-state index is 0.00995. The Hall–Kier alpha value is -3.88. The van der Waals surface area contributed by atoms with Crippen molar-refractivity contribution < 1.29 is 29.0 Å². The highest BCUT2D eigenvalue weighted by atomic mass is 16.5. The van der Waals surface area contributed by atoms with Gasteiger partial charge in [0, 0.05) is 18.9 Å². The van der Waals surface area contributed by atoms with Crippen LogP contribution in [0.1, 0.15) is 63.5 Å². The highest BCUT2D eigenvalue weighted by Crippen LogP contribution is 2.44. The van der Waals surface area contributed by atoms with Gasteiger partial charge in [-0.15, -0.1) is 0 Å². The van der Waals surface area contributed by atoms with Crippen LogP contribution in [0.3, 0.4) is 0 Å². The zero-order chi connectivity index (χ0) is 27.7. The molecule has 0 bridgehead atoms. The second kappa shape index (κ2) is 13.6. The third kappa shape index (κ3) is 7.57. The first-order valence-electron chi connectivity index (χ1n) is 13.1. The molecule has 0 radical (unpaired) electrons. The number of alkyl carbamates (subject to hydrolysis) is 1. The number of carbonyl (C=O) groups is 4. The Kier molecular flexibility index (Phi) is 10.3. The van der Waals surface area contributed by atoms with Crippen molar-refractivity contribution in [2.45, 2.75) is 64.5 Å². The highest BCUT2D eigenvalue weighted by Gasteiger charge is 2.29. The van der Waals surface area contributed by atoms with Crippen LogP contribution in [0.25, 0.3) is 11.1 Å².